The van der Waals surface area contributed by atoms with E-state index in [0.29, 0.717) is 6.54 Å². The molecule has 4 nitrogen and oxygen atoms in total. The number of carbonyl (C=O) groups excluding carboxylic acids is 1. The maximum absolute atomic E-state index is 11.8. The second-order valence-electron chi connectivity index (χ2n) is 5.48. The number of carbonyl (C=O) groups is 1. The van der Waals surface area contributed by atoms with Gasteiger partial charge in [-0.15, -0.1) is 0 Å². The molecule has 1 amide bonds. The van der Waals surface area contributed by atoms with Gasteiger partial charge >= 0.3 is 0 Å². The van der Waals surface area contributed by atoms with E-state index < -0.39 is 0 Å². The van der Waals surface area contributed by atoms with Crippen molar-refractivity contribution in [2.75, 3.05) is 39.8 Å². The van der Waals surface area contributed by atoms with Crippen molar-refractivity contribution < 1.29 is 4.79 Å². The summed E-state index contributed by atoms with van der Waals surface area (Å²) in [6.07, 6.45) is 0. The smallest absolute Gasteiger partial charge is 0.236 e. The summed E-state index contributed by atoms with van der Waals surface area (Å²) in [7, 11) is 1.99. The lowest BCUT2D eigenvalue weighted by Gasteiger charge is -2.25. The fraction of sp³-hybridized carbons (Fsp3) is 0.923. The molecule has 0 atom stereocenters. The van der Waals surface area contributed by atoms with Crippen LogP contribution in [0.3, 0.4) is 0 Å². The molecule has 17 heavy (non-hydrogen) atoms. The highest BCUT2D eigenvalue weighted by atomic mass is 16.2. The number of hydrogen-bond donors (Lipinski definition) is 1. The first-order valence-corrected chi connectivity index (χ1v) is 6.51. The number of amides is 1. The van der Waals surface area contributed by atoms with Crippen LogP contribution in [0.15, 0.2) is 0 Å². The van der Waals surface area contributed by atoms with E-state index in [0.717, 1.165) is 26.2 Å². The predicted octanol–water partition coefficient (Wildman–Crippen LogP) is 1.17. The molecule has 0 spiro atoms. The highest BCUT2D eigenvalue weighted by Crippen LogP contribution is 1.97. The Bertz CT molecular complexity index is 219. The van der Waals surface area contributed by atoms with Gasteiger partial charge in [0.05, 0.1) is 6.54 Å². The quantitative estimate of drug-likeness (QED) is 0.729. The molecule has 0 saturated carbocycles. The summed E-state index contributed by atoms with van der Waals surface area (Å²) < 4.78 is 0. The molecule has 4 heteroatoms. The van der Waals surface area contributed by atoms with Crippen LogP contribution in [0, 0.1) is 0 Å². The van der Waals surface area contributed by atoms with Crippen LogP contribution >= 0.6 is 0 Å². The van der Waals surface area contributed by atoms with Gasteiger partial charge in [0.25, 0.3) is 0 Å². The molecule has 0 aliphatic heterocycles. The number of hydrogen-bond acceptors (Lipinski definition) is 3. The lowest BCUT2D eigenvalue weighted by Crippen LogP contribution is -2.43. The van der Waals surface area contributed by atoms with E-state index in [9.17, 15) is 4.79 Å². The monoisotopic (exact) mass is 243 g/mol. The summed E-state index contributed by atoms with van der Waals surface area (Å²) in [5.41, 5.74) is 0.143. The average Bonchev–Trinajstić information content (AvgIpc) is 2.17. The Balaban J connectivity index is 3.86. The predicted molar refractivity (Wildman–Crippen MR) is 73.2 cm³/mol. The second-order valence-corrected chi connectivity index (χ2v) is 5.48. The van der Waals surface area contributed by atoms with Crippen molar-refractivity contribution in [2.24, 2.45) is 0 Å². The van der Waals surface area contributed by atoms with Crippen molar-refractivity contribution >= 4 is 5.91 Å². The molecule has 0 fully saturated rings. The van der Waals surface area contributed by atoms with Gasteiger partial charge in [0.2, 0.25) is 5.91 Å². The van der Waals surface area contributed by atoms with Gasteiger partial charge in [-0.25, -0.2) is 0 Å². The Labute approximate surface area is 106 Å². The lowest BCUT2D eigenvalue weighted by atomic mass is 10.1. The van der Waals surface area contributed by atoms with Crippen molar-refractivity contribution in [3.63, 3.8) is 0 Å². The van der Waals surface area contributed by atoms with E-state index in [1.165, 1.54) is 0 Å². The van der Waals surface area contributed by atoms with E-state index in [1.54, 1.807) is 0 Å². The van der Waals surface area contributed by atoms with Crippen LogP contribution in [0.4, 0.5) is 0 Å². The lowest BCUT2D eigenvalue weighted by molar-refractivity contribution is -0.131. The summed E-state index contributed by atoms with van der Waals surface area (Å²) in [6.45, 7) is 14.4. The zero-order valence-electron chi connectivity index (χ0n) is 12.3. The van der Waals surface area contributed by atoms with Gasteiger partial charge in [0.15, 0.2) is 0 Å². The minimum atomic E-state index is 0.143. The van der Waals surface area contributed by atoms with Gasteiger partial charge in [-0.2, -0.15) is 0 Å². The van der Waals surface area contributed by atoms with Crippen molar-refractivity contribution in [1.29, 1.82) is 0 Å². The van der Waals surface area contributed by atoms with Crippen molar-refractivity contribution in [1.82, 2.24) is 15.1 Å². The van der Waals surface area contributed by atoms with Crippen LogP contribution in [-0.4, -0.2) is 61.0 Å². The average molecular weight is 243 g/mol. The molecule has 0 aromatic carbocycles. The first-order valence-electron chi connectivity index (χ1n) is 6.51. The summed E-state index contributed by atoms with van der Waals surface area (Å²) in [4.78, 5) is 15.8. The third-order valence-corrected chi connectivity index (χ3v) is 2.67. The first kappa shape index (κ1) is 16.4. The van der Waals surface area contributed by atoms with Crippen LogP contribution in [0.5, 0.6) is 0 Å². The Morgan fingerprint density at radius 3 is 2.12 bits per heavy atom. The molecule has 1 N–H and O–H groups in total. The normalized spacial score (nSPS) is 11.9. The zero-order chi connectivity index (χ0) is 13.5. The number of likely N-dealkylation sites (N-methyl/N-ethyl adjacent to an activating group) is 2. The maximum atomic E-state index is 11.8. The van der Waals surface area contributed by atoms with Gasteiger partial charge in [-0.05, 0) is 41.7 Å². The van der Waals surface area contributed by atoms with Crippen LogP contribution < -0.4 is 5.32 Å². The molecule has 0 unspecified atom stereocenters. The standard InChI is InChI=1S/C13H29N3O/c1-7-16(8-2)12(17)11-15(6)10-9-14-13(3,4)5/h14H,7-11H2,1-6H3. The summed E-state index contributed by atoms with van der Waals surface area (Å²) in [5, 5.41) is 3.42. The Morgan fingerprint density at radius 2 is 1.71 bits per heavy atom. The topological polar surface area (TPSA) is 35.6 Å². The minimum absolute atomic E-state index is 0.143. The third kappa shape index (κ3) is 8.16. The van der Waals surface area contributed by atoms with Gasteiger partial charge in [0.1, 0.15) is 0 Å². The molecule has 0 aromatic heterocycles. The van der Waals surface area contributed by atoms with Crippen molar-refractivity contribution in [3.05, 3.63) is 0 Å². The third-order valence-electron chi connectivity index (χ3n) is 2.67. The first-order chi connectivity index (χ1) is 7.80. The van der Waals surface area contributed by atoms with Gasteiger partial charge in [-0.1, -0.05) is 0 Å². The summed E-state index contributed by atoms with van der Waals surface area (Å²) >= 11 is 0. The van der Waals surface area contributed by atoms with Gasteiger partial charge in [0, 0.05) is 31.7 Å². The van der Waals surface area contributed by atoms with Gasteiger partial charge < -0.3 is 10.2 Å². The SMILES string of the molecule is CCN(CC)C(=O)CN(C)CCNC(C)(C)C. The molecule has 0 bridgehead atoms. The summed E-state index contributed by atoms with van der Waals surface area (Å²) in [5.74, 6) is 0.216. The van der Waals surface area contributed by atoms with Crippen LogP contribution in [0.2, 0.25) is 0 Å². The molecule has 0 aromatic rings. The molecule has 0 saturated heterocycles. The van der Waals surface area contributed by atoms with E-state index in [-0.39, 0.29) is 11.4 Å². The molecule has 0 radical (unpaired) electrons. The number of nitrogens with one attached hydrogen (secondary N) is 1. The fourth-order valence-electron chi connectivity index (χ4n) is 1.61. The van der Waals surface area contributed by atoms with E-state index >= 15 is 0 Å². The van der Waals surface area contributed by atoms with Crippen LogP contribution in [0.1, 0.15) is 34.6 Å². The highest BCUT2D eigenvalue weighted by molar-refractivity contribution is 5.78. The largest absolute Gasteiger partial charge is 0.342 e. The maximum Gasteiger partial charge on any atom is 0.236 e. The second kappa shape index (κ2) is 7.67. The van der Waals surface area contributed by atoms with Crippen molar-refractivity contribution in [2.45, 2.75) is 40.2 Å². The molecular weight excluding hydrogens is 214 g/mol. The van der Waals surface area contributed by atoms with Crippen molar-refractivity contribution in [3.8, 4) is 0 Å². The molecule has 0 aliphatic rings. The van der Waals surface area contributed by atoms with Gasteiger partial charge in [-0.3, -0.25) is 9.69 Å². The Morgan fingerprint density at radius 1 is 1.18 bits per heavy atom. The molecule has 102 valence electrons. The highest BCUT2D eigenvalue weighted by Gasteiger charge is 2.13. The molecule has 0 rings (SSSR count). The fourth-order valence-corrected chi connectivity index (χ4v) is 1.61. The number of nitrogens with zero attached hydrogens (tertiary/aromatic N) is 2. The molecular formula is C13H29N3O. The number of rotatable bonds is 7. The Kier molecular flexibility index (Phi) is 7.39. The van der Waals surface area contributed by atoms with E-state index in [2.05, 4.69) is 31.0 Å². The minimum Gasteiger partial charge on any atom is -0.342 e. The van der Waals surface area contributed by atoms with Crippen LogP contribution in [-0.2, 0) is 4.79 Å². The van der Waals surface area contributed by atoms with Crippen LogP contribution in [0.25, 0.3) is 0 Å². The van der Waals surface area contributed by atoms with E-state index in [4.69, 9.17) is 0 Å². The zero-order valence-corrected chi connectivity index (χ0v) is 12.3. The Hall–Kier alpha value is -0.610. The van der Waals surface area contributed by atoms with E-state index in [1.807, 2.05) is 25.8 Å². The summed E-state index contributed by atoms with van der Waals surface area (Å²) in [6, 6.07) is 0. The molecule has 0 heterocycles. The molecule has 0 aliphatic carbocycles.